The van der Waals surface area contributed by atoms with Crippen molar-refractivity contribution in [3.05, 3.63) is 0 Å². The molecule has 1 aliphatic heterocycles. The van der Waals surface area contributed by atoms with Crippen molar-refractivity contribution in [2.45, 2.75) is 65.0 Å². The molecule has 0 spiro atoms. The molecular formula is C15H30N2. The SMILES string of the molecule is CC(C)CNCC(C)N1CCC2CCCCC21. The Morgan fingerprint density at radius 2 is 1.82 bits per heavy atom. The molecule has 100 valence electrons. The van der Waals surface area contributed by atoms with E-state index in [1.807, 2.05) is 0 Å². The van der Waals surface area contributed by atoms with Crippen LogP contribution in [0.15, 0.2) is 0 Å². The molecule has 17 heavy (non-hydrogen) atoms. The van der Waals surface area contributed by atoms with Gasteiger partial charge in [0.25, 0.3) is 0 Å². The molecule has 0 aromatic rings. The van der Waals surface area contributed by atoms with Crippen molar-refractivity contribution in [2.75, 3.05) is 19.6 Å². The van der Waals surface area contributed by atoms with Gasteiger partial charge in [-0.05, 0) is 51.1 Å². The zero-order valence-corrected chi connectivity index (χ0v) is 11.9. The van der Waals surface area contributed by atoms with Crippen molar-refractivity contribution in [1.29, 1.82) is 0 Å². The van der Waals surface area contributed by atoms with Crippen LogP contribution < -0.4 is 5.32 Å². The van der Waals surface area contributed by atoms with Crippen molar-refractivity contribution >= 4 is 0 Å². The van der Waals surface area contributed by atoms with Gasteiger partial charge in [0.2, 0.25) is 0 Å². The highest BCUT2D eigenvalue weighted by Gasteiger charge is 2.37. The predicted molar refractivity (Wildman–Crippen MR) is 74.2 cm³/mol. The standard InChI is InChI=1S/C15H30N2/c1-12(2)10-16-11-13(3)17-9-8-14-6-4-5-7-15(14)17/h12-16H,4-11H2,1-3H3. The minimum absolute atomic E-state index is 0.724. The fraction of sp³-hybridized carbons (Fsp3) is 1.00. The minimum Gasteiger partial charge on any atom is -0.315 e. The van der Waals surface area contributed by atoms with Crippen LogP contribution in [-0.2, 0) is 0 Å². The van der Waals surface area contributed by atoms with E-state index in [9.17, 15) is 0 Å². The van der Waals surface area contributed by atoms with Gasteiger partial charge in [-0.3, -0.25) is 4.90 Å². The number of fused-ring (bicyclic) bond motifs is 1. The van der Waals surface area contributed by atoms with Gasteiger partial charge in [0.05, 0.1) is 0 Å². The first-order valence-electron chi connectivity index (χ1n) is 7.65. The lowest BCUT2D eigenvalue weighted by Crippen LogP contribution is -2.45. The molecule has 1 heterocycles. The molecule has 1 saturated heterocycles. The summed E-state index contributed by atoms with van der Waals surface area (Å²) in [5.41, 5.74) is 0. The van der Waals surface area contributed by atoms with Gasteiger partial charge in [0.15, 0.2) is 0 Å². The van der Waals surface area contributed by atoms with Gasteiger partial charge in [-0.1, -0.05) is 26.7 Å². The monoisotopic (exact) mass is 238 g/mol. The molecule has 2 rings (SSSR count). The van der Waals surface area contributed by atoms with Crippen LogP contribution in [0.1, 0.15) is 52.9 Å². The van der Waals surface area contributed by atoms with Crippen molar-refractivity contribution in [3.8, 4) is 0 Å². The van der Waals surface area contributed by atoms with Crippen LogP contribution in [0.2, 0.25) is 0 Å². The zero-order valence-electron chi connectivity index (χ0n) is 11.9. The van der Waals surface area contributed by atoms with Gasteiger partial charge in [-0.2, -0.15) is 0 Å². The van der Waals surface area contributed by atoms with Crippen LogP contribution >= 0.6 is 0 Å². The van der Waals surface area contributed by atoms with Gasteiger partial charge in [-0.25, -0.2) is 0 Å². The number of hydrogen-bond acceptors (Lipinski definition) is 2. The van der Waals surface area contributed by atoms with Crippen LogP contribution in [0, 0.1) is 11.8 Å². The molecule has 2 nitrogen and oxygen atoms in total. The molecule has 3 unspecified atom stereocenters. The maximum atomic E-state index is 3.62. The molecular weight excluding hydrogens is 208 g/mol. The summed E-state index contributed by atoms with van der Waals surface area (Å²) in [6, 6.07) is 1.64. The van der Waals surface area contributed by atoms with E-state index in [4.69, 9.17) is 0 Å². The molecule has 3 atom stereocenters. The molecule has 0 radical (unpaired) electrons. The molecule has 1 aliphatic carbocycles. The average Bonchev–Trinajstić information content (AvgIpc) is 2.72. The second kappa shape index (κ2) is 6.19. The van der Waals surface area contributed by atoms with E-state index in [1.54, 1.807) is 0 Å². The maximum Gasteiger partial charge on any atom is 0.0195 e. The lowest BCUT2D eigenvalue weighted by Gasteiger charge is -2.35. The third kappa shape index (κ3) is 3.45. The van der Waals surface area contributed by atoms with Crippen LogP contribution in [0.4, 0.5) is 0 Å². The van der Waals surface area contributed by atoms with Crippen LogP contribution in [0.5, 0.6) is 0 Å². The highest BCUT2D eigenvalue weighted by atomic mass is 15.2. The predicted octanol–water partition coefficient (Wildman–Crippen LogP) is 2.89. The van der Waals surface area contributed by atoms with Crippen LogP contribution in [-0.4, -0.2) is 36.6 Å². The molecule has 0 aromatic carbocycles. The zero-order chi connectivity index (χ0) is 12.3. The van der Waals surface area contributed by atoms with Crippen molar-refractivity contribution in [1.82, 2.24) is 10.2 Å². The lowest BCUT2D eigenvalue weighted by molar-refractivity contribution is 0.138. The molecule has 2 heteroatoms. The van der Waals surface area contributed by atoms with E-state index in [1.165, 1.54) is 45.2 Å². The molecule has 2 aliphatic rings. The summed E-state index contributed by atoms with van der Waals surface area (Å²) in [4.78, 5) is 2.79. The van der Waals surface area contributed by atoms with Crippen LogP contribution in [0.25, 0.3) is 0 Å². The second-order valence-corrected chi connectivity index (χ2v) is 6.54. The first-order valence-corrected chi connectivity index (χ1v) is 7.65. The Morgan fingerprint density at radius 3 is 2.59 bits per heavy atom. The first-order chi connectivity index (χ1) is 8.18. The first kappa shape index (κ1) is 13.4. The summed E-state index contributed by atoms with van der Waals surface area (Å²) in [5.74, 6) is 1.79. The van der Waals surface area contributed by atoms with Crippen molar-refractivity contribution in [2.24, 2.45) is 11.8 Å². The van der Waals surface area contributed by atoms with Crippen molar-refractivity contribution < 1.29 is 0 Å². The average molecular weight is 238 g/mol. The van der Waals surface area contributed by atoms with Crippen LogP contribution in [0.3, 0.4) is 0 Å². The quantitative estimate of drug-likeness (QED) is 0.792. The van der Waals surface area contributed by atoms with E-state index in [-0.39, 0.29) is 0 Å². The lowest BCUT2D eigenvalue weighted by atomic mass is 9.85. The highest BCUT2D eigenvalue weighted by Crippen LogP contribution is 2.36. The number of rotatable bonds is 5. The van der Waals surface area contributed by atoms with E-state index in [0.29, 0.717) is 0 Å². The Morgan fingerprint density at radius 1 is 1.06 bits per heavy atom. The van der Waals surface area contributed by atoms with E-state index in [0.717, 1.165) is 30.5 Å². The molecule has 0 bridgehead atoms. The highest BCUT2D eigenvalue weighted by molar-refractivity contribution is 4.92. The molecule has 2 fully saturated rings. The maximum absolute atomic E-state index is 3.62. The number of likely N-dealkylation sites (tertiary alicyclic amines) is 1. The Hall–Kier alpha value is -0.0800. The fourth-order valence-electron chi connectivity index (χ4n) is 3.69. The van der Waals surface area contributed by atoms with Gasteiger partial charge < -0.3 is 5.32 Å². The summed E-state index contributed by atoms with van der Waals surface area (Å²) in [6.45, 7) is 10.6. The normalized spacial score (nSPS) is 31.8. The largest absolute Gasteiger partial charge is 0.315 e. The topological polar surface area (TPSA) is 15.3 Å². The van der Waals surface area contributed by atoms with Crippen molar-refractivity contribution in [3.63, 3.8) is 0 Å². The minimum atomic E-state index is 0.724. The smallest absolute Gasteiger partial charge is 0.0195 e. The summed E-state index contributed by atoms with van der Waals surface area (Å²) >= 11 is 0. The Labute approximate surface area is 107 Å². The molecule has 0 aromatic heterocycles. The summed E-state index contributed by atoms with van der Waals surface area (Å²) in [6.07, 6.45) is 7.35. The van der Waals surface area contributed by atoms with Gasteiger partial charge in [0, 0.05) is 18.6 Å². The molecule has 1 N–H and O–H groups in total. The number of nitrogens with zero attached hydrogens (tertiary/aromatic N) is 1. The van der Waals surface area contributed by atoms with E-state index in [2.05, 4.69) is 31.0 Å². The van der Waals surface area contributed by atoms with Gasteiger partial charge >= 0.3 is 0 Å². The van der Waals surface area contributed by atoms with Gasteiger partial charge in [0.1, 0.15) is 0 Å². The molecule has 0 amide bonds. The van der Waals surface area contributed by atoms with Gasteiger partial charge in [-0.15, -0.1) is 0 Å². The second-order valence-electron chi connectivity index (χ2n) is 6.54. The van der Waals surface area contributed by atoms with E-state index >= 15 is 0 Å². The molecule has 1 saturated carbocycles. The third-order valence-electron chi connectivity index (χ3n) is 4.61. The summed E-state index contributed by atoms with van der Waals surface area (Å²) in [5, 5.41) is 3.62. The van der Waals surface area contributed by atoms with E-state index < -0.39 is 0 Å². The number of hydrogen-bond donors (Lipinski definition) is 1. The Bertz CT molecular complexity index is 227. The summed E-state index contributed by atoms with van der Waals surface area (Å²) < 4.78 is 0. The Balaban J connectivity index is 1.77. The third-order valence-corrected chi connectivity index (χ3v) is 4.61. The summed E-state index contributed by atoms with van der Waals surface area (Å²) in [7, 11) is 0. The fourth-order valence-corrected chi connectivity index (χ4v) is 3.69. The number of nitrogens with one attached hydrogen (secondary N) is 1. The Kier molecular flexibility index (Phi) is 4.87.